The molecule has 2 atom stereocenters. The van der Waals surface area contributed by atoms with Gasteiger partial charge in [-0.05, 0) is 36.8 Å². The molecule has 0 radical (unpaired) electrons. The van der Waals surface area contributed by atoms with Gasteiger partial charge >= 0.3 is 5.97 Å². The average Bonchev–Trinajstić information content (AvgIpc) is 3.18. The molecular weight excluding hydrogens is 376 g/mol. The number of hydrogen-bond donors (Lipinski definition) is 1. The van der Waals surface area contributed by atoms with Crippen LogP contribution in [0.3, 0.4) is 0 Å². The monoisotopic (exact) mass is 400 g/mol. The van der Waals surface area contributed by atoms with Crippen LogP contribution in [0.4, 0.5) is 0 Å². The van der Waals surface area contributed by atoms with E-state index in [2.05, 4.69) is 0 Å². The summed E-state index contributed by atoms with van der Waals surface area (Å²) in [6, 6.07) is 10.8. The Labute approximate surface area is 169 Å². The molecule has 0 spiro atoms. The Morgan fingerprint density at radius 3 is 2.69 bits per heavy atom. The molecule has 0 bridgehead atoms. The highest BCUT2D eigenvalue weighted by molar-refractivity contribution is 5.66. The lowest BCUT2D eigenvalue weighted by Gasteiger charge is -2.26. The van der Waals surface area contributed by atoms with Gasteiger partial charge in [-0.15, -0.1) is 0 Å². The summed E-state index contributed by atoms with van der Waals surface area (Å²) in [7, 11) is 1.55. The van der Waals surface area contributed by atoms with Gasteiger partial charge in [-0.25, -0.2) is 0 Å². The van der Waals surface area contributed by atoms with Crippen LogP contribution < -0.4 is 18.9 Å². The van der Waals surface area contributed by atoms with Crippen LogP contribution in [0, 0.1) is 0 Å². The Kier molecular flexibility index (Phi) is 6.61. The number of aliphatic hydroxyl groups excluding tert-OH is 1. The Hall–Kier alpha value is -3.19. The third-order valence-corrected chi connectivity index (χ3v) is 4.36. The lowest BCUT2D eigenvalue weighted by Crippen LogP contribution is -2.26. The SMILES string of the molecule is COc1cc(C=CCO)ccc1O[C@H](C)[C@H](OC(C)=O)c1ccc2c(c1)OCO2. The molecule has 7 nitrogen and oxygen atoms in total. The van der Waals surface area contributed by atoms with Gasteiger partial charge in [-0.2, -0.15) is 0 Å². The molecule has 0 saturated carbocycles. The molecule has 7 heteroatoms. The number of benzene rings is 2. The van der Waals surface area contributed by atoms with Crippen LogP contribution in [0.25, 0.3) is 6.08 Å². The van der Waals surface area contributed by atoms with Crippen LogP contribution in [0.15, 0.2) is 42.5 Å². The molecule has 2 aromatic carbocycles. The molecule has 1 aliphatic heterocycles. The summed E-state index contributed by atoms with van der Waals surface area (Å²) in [4.78, 5) is 11.7. The molecule has 1 heterocycles. The first-order valence-electron chi connectivity index (χ1n) is 9.20. The van der Waals surface area contributed by atoms with Crippen molar-refractivity contribution in [3.05, 3.63) is 53.6 Å². The van der Waals surface area contributed by atoms with E-state index in [1.807, 2.05) is 19.1 Å². The minimum atomic E-state index is -0.652. The van der Waals surface area contributed by atoms with Gasteiger partial charge in [-0.3, -0.25) is 4.79 Å². The molecule has 1 aliphatic rings. The van der Waals surface area contributed by atoms with Gasteiger partial charge < -0.3 is 28.8 Å². The van der Waals surface area contributed by atoms with Gasteiger partial charge in [0.2, 0.25) is 6.79 Å². The molecule has 2 aromatic rings. The number of esters is 1. The third kappa shape index (κ3) is 5.00. The van der Waals surface area contributed by atoms with Crippen molar-refractivity contribution in [3.63, 3.8) is 0 Å². The molecule has 0 aliphatic carbocycles. The maximum Gasteiger partial charge on any atom is 0.303 e. The topological polar surface area (TPSA) is 83.5 Å². The molecule has 3 rings (SSSR count). The number of ether oxygens (including phenoxy) is 5. The lowest BCUT2D eigenvalue weighted by molar-refractivity contribution is -0.151. The number of carbonyl (C=O) groups excluding carboxylic acids is 1. The second-order valence-electron chi connectivity index (χ2n) is 6.46. The molecule has 0 amide bonds. The summed E-state index contributed by atoms with van der Waals surface area (Å²) in [6.07, 6.45) is 2.26. The first-order chi connectivity index (χ1) is 14.0. The van der Waals surface area contributed by atoms with Crippen molar-refractivity contribution in [2.75, 3.05) is 20.5 Å². The largest absolute Gasteiger partial charge is 0.493 e. The second-order valence-corrected chi connectivity index (χ2v) is 6.46. The average molecular weight is 400 g/mol. The maximum atomic E-state index is 11.7. The fraction of sp³-hybridized carbons (Fsp3) is 0.318. The molecular formula is C22H24O7. The molecule has 154 valence electrons. The molecule has 0 unspecified atom stereocenters. The highest BCUT2D eigenvalue weighted by atomic mass is 16.7. The van der Waals surface area contributed by atoms with Crippen LogP contribution in [0.2, 0.25) is 0 Å². The molecule has 1 N–H and O–H groups in total. The molecule has 0 saturated heterocycles. The molecule has 0 aromatic heterocycles. The second kappa shape index (κ2) is 9.34. The Morgan fingerprint density at radius 1 is 1.17 bits per heavy atom. The van der Waals surface area contributed by atoms with Crippen molar-refractivity contribution < 1.29 is 33.6 Å². The van der Waals surface area contributed by atoms with Crippen LogP contribution in [0.1, 0.15) is 31.1 Å². The van der Waals surface area contributed by atoms with Crippen molar-refractivity contribution in [1.82, 2.24) is 0 Å². The van der Waals surface area contributed by atoms with Crippen LogP contribution >= 0.6 is 0 Å². The summed E-state index contributed by atoms with van der Waals surface area (Å²) in [5.74, 6) is 1.88. The third-order valence-electron chi connectivity index (χ3n) is 4.36. The van der Waals surface area contributed by atoms with Crippen molar-refractivity contribution in [2.24, 2.45) is 0 Å². The Bertz CT molecular complexity index is 891. The zero-order valence-electron chi connectivity index (χ0n) is 16.6. The number of carbonyl (C=O) groups is 1. The normalized spacial score (nSPS) is 14.5. The maximum absolute atomic E-state index is 11.7. The Balaban J connectivity index is 1.84. The first kappa shape index (κ1) is 20.5. The van der Waals surface area contributed by atoms with E-state index in [1.54, 1.807) is 43.5 Å². The first-order valence-corrected chi connectivity index (χ1v) is 9.20. The fourth-order valence-corrected chi connectivity index (χ4v) is 3.04. The van der Waals surface area contributed by atoms with E-state index in [4.69, 9.17) is 28.8 Å². The number of aliphatic hydroxyl groups is 1. The van der Waals surface area contributed by atoms with Crippen molar-refractivity contribution in [1.29, 1.82) is 0 Å². The minimum Gasteiger partial charge on any atom is -0.493 e. The van der Waals surface area contributed by atoms with Gasteiger partial charge in [0.15, 0.2) is 29.1 Å². The molecule has 0 fully saturated rings. The van der Waals surface area contributed by atoms with Gasteiger partial charge in [0.1, 0.15) is 6.10 Å². The number of methoxy groups -OCH3 is 1. The van der Waals surface area contributed by atoms with E-state index >= 15 is 0 Å². The van der Waals surface area contributed by atoms with E-state index in [0.717, 1.165) is 11.1 Å². The molecule has 29 heavy (non-hydrogen) atoms. The van der Waals surface area contributed by atoms with Gasteiger partial charge in [0, 0.05) is 12.5 Å². The summed E-state index contributed by atoms with van der Waals surface area (Å²) in [5, 5.41) is 8.93. The lowest BCUT2D eigenvalue weighted by atomic mass is 10.0. The van der Waals surface area contributed by atoms with Crippen molar-refractivity contribution in [3.8, 4) is 23.0 Å². The number of fused-ring (bicyclic) bond motifs is 1. The standard InChI is InChI=1S/C22H24O7/c1-14(28-19-8-6-16(5-4-10-23)11-20(19)25-3)22(29-15(2)24)17-7-9-18-21(12-17)27-13-26-18/h4-9,11-12,14,22-23H,10,13H2,1-3H3/t14-,22+/m1/s1. The van der Waals surface area contributed by atoms with E-state index < -0.39 is 18.2 Å². The van der Waals surface area contributed by atoms with Crippen LogP contribution in [-0.2, 0) is 9.53 Å². The van der Waals surface area contributed by atoms with E-state index in [1.165, 1.54) is 6.92 Å². The minimum absolute atomic E-state index is 0.0444. The predicted octanol–water partition coefficient (Wildman–Crippen LogP) is 3.50. The number of rotatable bonds is 8. The summed E-state index contributed by atoms with van der Waals surface area (Å²) < 4.78 is 27.8. The van der Waals surface area contributed by atoms with Gasteiger partial charge in [0.05, 0.1) is 13.7 Å². The predicted molar refractivity (Wildman–Crippen MR) is 106 cm³/mol. The van der Waals surface area contributed by atoms with E-state index in [0.29, 0.717) is 23.0 Å². The van der Waals surface area contributed by atoms with Gasteiger partial charge in [0.25, 0.3) is 0 Å². The van der Waals surface area contributed by atoms with E-state index in [9.17, 15) is 4.79 Å². The van der Waals surface area contributed by atoms with Crippen LogP contribution in [-0.4, -0.2) is 37.7 Å². The summed E-state index contributed by atoms with van der Waals surface area (Å²) in [6.45, 7) is 3.29. The quantitative estimate of drug-likeness (QED) is 0.679. The van der Waals surface area contributed by atoms with Crippen molar-refractivity contribution >= 4 is 12.0 Å². The fourth-order valence-electron chi connectivity index (χ4n) is 3.04. The zero-order chi connectivity index (χ0) is 20.8. The van der Waals surface area contributed by atoms with Crippen molar-refractivity contribution in [2.45, 2.75) is 26.1 Å². The number of hydrogen-bond acceptors (Lipinski definition) is 7. The summed E-state index contributed by atoms with van der Waals surface area (Å²) >= 11 is 0. The highest BCUT2D eigenvalue weighted by Gasteiger charge is 2.27. The smallest absolute Gasteiger partial charge is 0.303 e. The zero-order valence-corrected chi connectivity index (χ0v) is 16.6. The highest BCUT2D eigenvalue weighted by Crippen LogP contribution is 2.37. The van der Waals surface area contributed by atoms with Gasteiger partial charge in [-0.1, -0.05) is 24.3 Å². The summed E-state index contributed by atoms with van der Waals surface area (Å²) in [5.41, 5.74) is 1.60. The van der Waals surface area contributed by atoms with E-state index in [-0.39, 0.29) is 13.4 Å². The Morgan fingerprint density at radius 2 is 1.97 bits per heavy atom. The van der Waals surface area contributed by atoms with Crippen LogP contribution in [0.5, 0.6) is 23.0 Å².